The van der Waals surface area contributed by atoms with E-state index in [4.69, 9.17) is 0 Å². The molecule has 34 heavy (non-hydrogen) atoms. The average Bonchev–Trinajstić information content (AvgIpc) is 3.23. The monoisotopic (exact) mass is 485 g/mol. The minimum atomic E-state index is -4.64. The molecule has 0 unspecified atom stereocenters. The summed E-state index contributed by atoms with van der Waals surface area (Å²) in [7, 11) is 0. The number of amides is 1. The number of aromatic nitrogens is 5. The summed E-state index contributed by atoms with van der Waals surface area (Å²) in [5, 5.41) is 9.09. The van der Waals surface area contributed by atoms with Crippen molar-refractivity contribution in [2.24, 2.45) is 0 Å². The third kappa shape index (κ3) is 5.50. The summed E-state index contributed by atoms with van der Waals surface area (Å²) in [5.41, 5.74) is -1.27. The van der Waals surface area contributed by atoms with E-state index in [0.717, 1.165) is 29.1 Å². The minimum Gasteiger partial charge on any atom is -0.324 e. The van der Waals surface area contributed by atoms with Crippen molar-refractivity contribution < 1.29 is 31.1 Å². The van der Waals surface area contributed by atoms with Crippen molar-refractivity contribution in [2.45, 2.75) is 37.4 Å². The van der Waals surface area contributed by atoms with Gasteiger partial charge in [0.15, 0.2) is 17.5 Å². The van der Waals surface area contributed by atoms with E-state index < -0.39 is 48.5 Å². The number of halogens is 6. The van der Waals surface area contributed by atoms with Gasteiger partial charge in [-0.05, 0) is 18.6 Å². The molecular formula is C20H17F6N7O. The molecule has 0 saturated carbocycles. The summed E-state index contributed by atoms with van der Waals surface area (Å²) < 4.78 is 80.5. The van der Waals surface area contributed by atoms with Gasteiger partial charge in [0.2, 0.25) is 5.91 Å². The van der Waals surface area contributed by atoms with Crippen LogP contribution >= 0.6 is 0 Å². The van der Waals surface area contributed by atoms with Crippen LogP contribution in [0.5, 0.6) is 0 Å². The summed E-state index contributed by atoms with van der Waals surface area (Å²) in [6, 6.07) is 3.64. The molecular weight excluding hydrogens is 468 g/mol. The summed E-state index contributed by atoms with van der Waals surface area (Å²) in [4.78, 5) is 23.5. The molecule has 3 aromatic heterocycles. The maximum absolute atomic E-state index is 14.6. The summed E-state index contributed by atoms with van der Waals surface area (Å²) in [6.45, 7) is -0.511. The van der Waals surface area contributed by atoms with Gasteiger partial charge in [-0.15, -0.1) is 5.10 Å². The first-order chi connectivity index (χ1) is 16.0. The van der Waals surface area contributed by atoms with Crippen LogP contribution < -0.4 is 10.6 Å². The molecule has 2 N–H and O–H groups in total. The molecule has 1 fully saturated rings. The summed E-state index contributed by atoms with van der Waals surface area (Å²) in [5.74, 6) is -4.41. The summed E-state index contributed by atoms with van der Waals surface area (Å²) >= 11 is 0. The molecule has 1 aliphatic rings. The number of anilines is 1. The number of nitrogens with one attached hydrogen (secondary N) is 2. The Balaban J connectivity index is 1.41. The van der Waals surface area contributed by atoms with E-state index in [-0.39, 0.29) is 35.9 Å². The van der Waals surface area contributed by atoms with Crippen molar-refractivity contribution in [3.8, 4) is 5.82 Å². The number of piperidine rings is 1. The van der Waals surface area contributed by atoms with E-state index in [1.54, 1.807) is 0 Å². The second-order valence-electron chi connectivity index (χ2n) is 7.64. The van der Waals surface area contributed by atoms with Gasteiger partial charge in [0.1, 0.15) is 12.0 Å². The SMILES string of the molecule is O=C(Cc1cccc(C(F)(F)F)n1)Nc1cnc(-n2cnc([C@@H]3CCC(F)(F)CN3)n2)c(F)c1. The fourth-order valence-corrected chi connectivity index (χ4v) is 3.35. The standard InChI is InChI=1S/C20H17F6N7O/c21-13-6-12(31-16(34)7-11-2-1-3-15(30-11)20(24,25)26)8-27-18(13)33-10-29-17(32-33)14-4-5-19(22,23)9-28-14/h1-3,6,8,10,14,28H,4-5,7,9H2,(H,31,34)/t14-/m0/s1. The molecule has 1 amide bonds. The van der Waals surface area contributed by atoms with Gasteiger partial charge in [-0.25, -0.2) is 28.1 Å². The van der Waals surface area contributed by atoms with E-state index >= 15 is 0 Å². The Hall–Kier alpha value is -3.55. The lowest BCUT2D eigenvalue weighted by atomic mass is 10.0. The van der Waals surface area contributed by atoms with Crippen LogP contribution in [0.25, 0.3) is 5.82 Å². The highest BCUT2D eigenvalue weighted by Crippen LogP contribution is 2.30. The van der Waals surface area contributed by atoms with E-state index in [2.05, 4.69) is 30.7 Å². The molecule has 0 aromatic carbocycles. The molecule has 180 valence electrons. The molecule has 3 aromatic rings. The van der Waals surface area contributed by atoms with Crippen molar-refractivity contribution >= 4 is 11.6 Å². The largest absolute Gasteiger partial charge is 0.433 e. The maximum Gasteiger partial charge on any atom is 0.433 e. The Labute approximate surface area is 188 Å². The van der Waals surface area contributed by atoms with E-state index in [0.29, 0.717) is 0 Å². The van der Waals surface area contributed by atoms with Crippen molar-refractivity contribution in [3.05, 3.63) is 59.8 Å². The Bertz CT molecular complexity index is 1190. The fraction of sp³-hybridized carbons (Fsp3) is 0.350. The lowest BCUT2D eigenvalue weighted by Crippen LogP contribution is -2.41. The molecule has 1 aliphatic heterocycles. The molecule has 8 nitrogen and oxygen atoms in total. The number of alkyl halides is 5. The van der Waals surface area contributed by atoms with Crippen LogP contribution in [0.15, 0.2) is 36.8 Å². The highest BCUT2D eigenvalue weighted by Gasteiger charge is 2.36. The van der Waals surface area contributed by atoms with E-state index in [1.165, 1.54) is 12.4 Å². The van der Waals surface area contributed by atoms with Gasteiger partial charge in [-0.2, -0.15) is 17.9 Å². The van der Waals surface area contributed by atoms with Crippen molar-refractivity contribution in [1.82, 2.24) is 30.0 Å². The molecule has 1 saturated heterocycles. The molecule has 4 heterocycles. The van der Waals surface area contributed by atoms with Crippen LogP contribution in [0.3, 0.4) is 0 Å². The zero-order valence-electron chi connectivity index (χ0n) is 17.3. The number of pyridine rings is 2. The van der Waals surface area contributed by atoms with Gasteiger partial charge >= 0.3 is 6.18 Å². The smallest absolute Gasteiger partial charge is 0.324 e. The third-order valence-corrected chi connectivity index (χ3v) is 4.99. The third-order valence-electron chi connectivity index (χ3n) is 4.99. The molecule has 14 heteroatoms. The Morgan fingerprint density at radius 3 is 2.74 bits per heavy atom. The molecule has 0 aliphatic carbocycles. The zero-order chi connectivity index (χ0) is 24.5. The van der Waals surface area contributed by atoms with Crippen LogP contribution in [0.2, 0.25) is 0 Å². The second-order valence-corrected chi connectivity index (χ2v) is 7.64. The highest BCUT2D eigenvalue weighted by atomic mass is 19.4. The molecule has 0 spiro atoms. The predicted octanol–water partition coefficient (Wildman–Crippen LogP) is 3.46. The first-order valence-electron chi connectivity index (χ1n) is 10.0. The number of hydrogen-bond acceptors (Lipinski definition) is 6. The number of rotatable bonds is 5. The van der Waals surface area contributed by atoms with Crippen LogP contribution in [-0.2, 0) is 17.4 Å². The zero-order valence-corrected chi connectivity index (χ0v) is 17.3. The number of carbonyl (C=O) groups is 1. The summed E-state index contributed by atoms with van der Waals surface area (Å²) in [6.07, 6.45) is -3.00. The van der Waals surface area contributed by atoms with Crippen molar-refractivity contribution in [2.75, 3.05) is 11.9 Å². The number of carbonyl (C=O) groups excluding carboxylic acids is 1. The van der Waals surface area contributed by atoms with Crippen LogP contribution in [0.1, 0.15) is 36.1 Å². The lowest BCUT2D eigenvalue weighted by molar-refractivity contribution is -0.141. The minimum absolute atomic E-state index is 0.0326. The number of nitrogens with zero attached hydrogens (tertiary/aromatic N) is 5. The predicted molar refractivity (Wildman–Crippen MR) is 106 cm³/mol. The molecule has 4 rings (SSSR count). The first-order valence-corrected chi connectivity index (χ1v) is 10.0. The first kappa shape index (κ1) is 23.6. The van der Waals surface area contributed by atoms with E-state index in [9.17, 15) is 31.1 Å². The quantitative estimate of drug-likeness (QED) is 0.538. The second kappa shape index (κ2) is 9.00. The van der Waals surface area contributed by atoms with Gasteiger partial charge in [0.05, 0.1) is 36.6 Å². The van der Waals surface area contributed by atoms with E-state index in [1.807, 2.05) is 0 Å². The van der Waals surface area contributed by atoms with Crippen LogP contribution in [-0.4, -0.2) is 43.1 Å². The van der Waals surface area contributed by atoms with Gasteiger partial charge in [0.25, 0.3) is 5.92 Å². The normalized spacial score (nSPS) is 18.0. The topological polar surface area (TPSA) is 97.6 Å². The van der Waals surface area contributed by atoms with Crippen LogP contribution in [0.4, 0.5) is 32.0 Å². The van der Waals surface area contributed by atoms with Crippen LogP contribution in [0, 0.1) is 5.82 Å². The van der Waals surface area contributed by atoms with Gasteiger partial charge < -0.3 is 10.6 Å². The highest BCUT2D eigenvalue weighted by molar-refractivity contribution is 5.91. The lowest BCUT2D eigenvalue weighted by Gasteiger charge is -2.27. The number of hydrogen-bond donors (Lipinski definition) is 2. The Morgan fingerprint density at radius 1 is 1.26 bits per heavy atom. The van der Waals surface area contributed by atoms with Gasteiger partial charge in [-0.1, -0.05) is 6.07 Å². The molecule has 0 radical (unpaired) electrons. The average molecular weight is 485 g/mol. The van der Waals surface area contributed by atoms with Crippen molar-refractivity contribution in [1.29, 1.82) is 0 Å². The van der Waals surface area contributed by atoms with Crippen molar-refractivity contribution in [3.63, 3.8) is 0 Å². The molecule has 0 bridgehead atoms. The maximum atomic E-state index is 14.6. The molecule has 1 atom stereocenters. The van der Waals surface area contributed by atoms with Gasteiger partial charge in [-0.3, -0.25) is 4.79 Å². The fourth-order valence-electron chi connectivity index (χ4n) is 3.35. The Morgan fingerprint density at radius 2 is 2.06 bits per heavy atom. The van der Waals surface area contributed by atoms with Gasteiger partial charge in [0, 0.05) is 12.5 Å². The Kier molecular flexibility index (Phi) is 6.25.